The second-order valence-electron chi connectivity index (χ2n) is 3.86. The van der Waals surface area contributed by atoms with E-state index < -0.39 is 35.5 Å². The molecule has 9 nitrogen and oxygen atoms in total. The van der Waals surface area contributed by atoms with Crippen LogP contribution in [-0.4, -0.2) is 40.0 Å². The molecule has 2 heterocycles. The normalized spacial score (nSPS) is 18.8. The summed E-state index contributed by atoms with van der Waals surface area (Å²) >= 11 is 0. The van der Waals surface area contributed by atoms with E-state index >= 15 is 0 Å². The average Bonchev–Trinajstić information content (AvgIpc) is 2.82. The van der Waals surface area contributed by atoms with Gasteiger partial charge in [-0.05, 0) is 6.42 Å². The molecule has 0 aromatic carbocycles. The van der Waals surface area contributed by atoms with Crippen molar-refractivity contribution >= 4 is 23.7 Å². The number of piperidine rings is 1. The summed E-state index contributed by atoms with van der Waals surface area (Å²) in [5, 5.41) is 16.3. The fourth-order valence-corrected chi connectivity index (χ4v) is 1.55. The number of rotatable bonds is 3. The predicted octanol–water partition coefficient (Wildman–Crippen LogP) is -1.09. The van der Waals surface area contributed by atoms with Gasteiger partial charge in [0.1, 0.15) is 6.04 Å². The second kappa shape index (κ2) is 4.88. The first-order valence-corrected chi connectivity index (χ1v) is 5.32. The van der Waals surface area contributed by atoms with E-state index in [0.29, 0.717) is 0 Å². The van der Waals surface area contributed by atoms with Gasteiger partial charge in [-0.3, -0.25) is 19.7 Å². The molecule has 1 saturated heterocycles. The SMILES string of the molecule is O=C1CCC(NC(=O)c2cc(C(=O)O)on2)C(=O)N1. The summed E-state index contributed by atoms with van der Waals surface area (Å²) in [7, 11) is 0. The van der Waals surface area contributed by atoms with Gasteiger partial charge < -0.3 is 14.9 Å². The third kappa shape index (κ3) is 2.76. The number of carboxylic acids is 1. The molecule has 1 unspecified atom stereocenters. The Kier molecular flexibility index (Phi) is 3.27. The lowest BCUT2D eigenvalue weighted by atomic mass is 10.1. The maximum Gasteiger partial charge on any atom is 0.374 e. The van der Waals surface area contributed by atoms with Crippen molar-refractivity contribution < 1.29 is 28.8 Å². The van der Waals surface area contributed by atoms with Crippen molar-refractivity contribution in [3.63, 3.8) is 0 Å². The van der Waals surface area contributed by atoms with Crippen LogP contribution in [0.5, 0.6) is 0 Å². The van der Waals surface area contributed by atoms with E-state index in [1.165, 1.54) is 0 Å². The van der Waals surface area contributed by atoms with Crippen LogP contribution in [0, 0.1) is 0 Å². The number of nitrogens with one attached hydrogen (secondary N) is 2. The maximum absolute atomic E-state index is 11.7. The molecule has 1 aliphatic rings. The van der Waals surface area contributed by atoms with Gasteiger partial charge in [0.25, 0.3) is 5.91 Å². The molecule has 9 heteroatoms. The van der Waals surface area contributed by atoms with E-state index in [9.17, 15) is 19.2 Å². The number of nitrogens with zero attached hydrogens (tertiary/aromatic N) is 1. The summed E-state index contributed by atoms with van der Waals surface area (Å²) in [5.41, 5.74) is -0.248. The standard InChI is InChI=1S/C10H9N3O6/c14-7-2-1-4(8(15)12-7)11-9(16)5-3-6(10(17)18)19-13-5/h3-4H,1-2H2,(H,11,16)(H,17,18)(H,12,14,15). The zero-order valence-electron chi connectivity index (χ0n) is 9.50. The third-order valence-electron chi connectivity index (χ3n) is 2.50. The summed E-state index contributed by atoms with van der Waals surface area (Å²) < 4.78 is 4.42. The quantitative estimate of drug-likeness (QED) is 0.591. The number of aromatic carboxylic acids is 1. The summed E-state index contributed by atoms with van der Waals surface area (Å²) in [5.74, 6) is -3.58. The second-order valence-corrected chi connectivity index (χ2v) is 3.86. The monoisotopic (exact) mass is 267 g/mol. The van der Waals surface area contributed by atoms with E-state index in [0.717, 1.165) is 6.07 Å². The van der Waals surface area contributed by atoms with E-state index in [-0.39, 0.29) is 18.5 Å². The van der Waals surface area contributed by atoms with Crippen molar-refractivity contribution in [2.24, 2.45) is 0 Å². The first-order chi connectivity index (χ1) is 8.97. The Bertz CT molecular complexity index is 563. The first kappa shape index (κ1) is 12.7. The fourth-order valence-electron chi connectivity index (χ4n) is 1.55. The molecule has 0 spiro atoms. The van der Waals surface area contributed by atoms with Gasteiger partial charge in [0.15, 0.2) is 5.69 Å². The molecule has 1 aromatic rings. The number of aromatic nitrogens is 1. The van der Waals surface area contributed by atoms with E-state index in [1.807, 2.05) is 0 Å². The van der Waals surface area contributed by atoms with Gasteiger partial charge in [0.05, 0.1) is 0 Å². The van der Waals surface area contributed by atoms with Gasteiger partial charge >= 0.3 is 5.97 Å². The highest BCUT2D eigenvalue weighted by molar-refractivity contribution is 6.03. The van der Waals surface area contributed by atoms with Crippen molar-refractivity contribution in [1.82, 2.24) is 15.8 Å². The Morgan fingerprint density at radius 2 is 2.21 bits per heavy atom. The van der Waals surface area contributed by atoms with Crippen molar-refractivity contribution in [2.75, 3.05) is 0 Å². The number of carbonyl (C=O) groups excluding carboxylic acids is 3. The van der Waals surface area contributed by atoms with Crippen LogP contribution in [0.3, 0.4) is 0 Å². The molecular weight excluding hydrogens is 258 g/mol. The molecule has 1 fully saturated rings. The van der Waals surface area contributed by atoms with Crippen LogP contribution in [0.25, 0.3) is 0 Å². The van der Waals surface area contributed by atoms with Gasteiger partial charge in [-0.25, -0.2) is 4.79 Å². The summed E-state index contributed by atoms with van der Waals surface area (Å²) in [4.78, 5) is 44.5. The van der Waals surface area contributed by atoms with Crippen molar-refractivity contribution in [2.45, 2.75) is 18.9 Å². The topological polar surface area (TPSA) is 139 Å². The molecule has 3 N–H and O–H groups in total. The highest BCUT2D eigenvalue weighted by Gasteiger charge is 2.29. The predicted molar refractivity (Wildman–Crippen MR) is 57.1 cm³/mol. The number of carbonyl (C=O) groups is 4. The van der Waals surface area contributed by atoms with Crippen LogP contribution in [0.1, 0.15) is 33.9 Å². The zero-order chi connectivity index (χ0) is 14.0. The largest absolute Gasteiger partial charge is 0.475 e. The highest BCUT2D eigenvalue weighted by Crippen LogP contribution is 2.07. The molecule has 0 aliphatic carbocycles. The third-order valence-corrected chi connectivity index (χ3v) is 2.50. The lowest BCUT2D eigenvalue weighted by molar-refractivity contribution is -0.134. The van der Waals surface area contributed by atoms with Crippen molar-refractivity contribution in [3.8, 4) is 0 Å². The van der Waals surface area contributed by atoms with Gasteiger partial charge in [-0.15, -0.1) is 0 Å². The molecule has 0 bridgehead atoms. The minimum atomic E-state index is -1.35. The Balaban J connectivity index is 2.02. The molecular formula is C10H9N3O6. The van der Waals surface area contributed by atoms with E-state index in [4.69, 9.17) is 5.11 Å². The molecule has 100 valence electrons. The number of amides is 3. The summed E-state index contributed by atoms with van der Waals surface area (Å²) in [6, 6.07) is 0.0963. The minimum absolute atomic E-state index is 0.121. The molecule has 0 radical (unpaired) electrons. The van der Waals surface area contributed by atoms with Gasteiger partial charge in [0.2, 0.25) is 17.6 Å². The number of hydrogen-bond donors (Lipinski definition) is 3. The molecule has 3 amide bonds. The molecule has 1 atom stereocenters. The molecule has 0 saturated carbocycles. The van der Waals surface area contributed by atoms with Crippen LogP contribution in [0.2, 0.25) is 0 Å². The maximum atomic E-state index is 11.7. The van der Waals surface area contributed by atoms with E-state index in [1.54, 1.807) is 0 Å². The van der Waals surface area contributed by atoms with Gasteiger partial charge in [-0.2, -0.15) is 0 Å². The molecule has 19 heavy (non-hydrogen) atoms. The zero-order valence-corrected chi connectivity index (χ0v) is 9.50. The molecule has 2 rings (SSSR count). The number of hydrogen-bond acceptors (Lipinski definition) is 6. The Hall–Kier alpha value is -2.71. The van der Waals surface area contributed by atoms with Crippen LogP contribution < -0.4 is 10.6 Å². The van der Waals surface area contributed by atoms with Crippen LogP contribution in [-0.2, 0) is 9.59 Å². The van der Waals surface area contributed by atoms with E-state index in [2.05, 4.69) is 20.3 Å². The van der Waals surface area contributed by atoms with Gasteiger partial charge in [0, 0.05) is 12.5 Å². The Labute approximate surface area is 105 Å². The van der Waals surface area contributed by atoms with Crippen molar-refractivity contribution in [1.29, 1.82) is 0 Å². The smallest absolute Gasteiger partial charge is 0.374 e. The van der Waals surface area contributed by atoms with Crippen LogP contribution in [0.15, 0.2) is 10.6 Å². The van der Waals surface area contributed by atoms with Crippen LogP contribution in [0.4, 0.5) is 0 Å². The molecule has 1 aromatic heterocycles. The molecule has 1 aliphatic heterocycles. The Morgan fingerprint density at radius 3 is 2.79 bits per heavy atom. The lowest BCUT2D eigenvalue weighted by Crippen LogP contribution is -2.52. The summed E-state index contributed by atoms with van der Waals surface area (Å²) in [6.45, 7) is 0. The average molecular weight is 267 g/mol. The number of imide groups is 1. The van der Waals surface area contributed by atoms with Gasteiger partial charge in [-0.1, -0.05) is 5.16 Å². The summed E-state index contributed by atoms with van der Waals surface area (Å²) in [6.07, 6.45) is 0.302. The first-order valence-electron chi connectivity index (χ1n) is 5.32. The highest BCUT2D eigenvalue weighted by atomic mass is 16.5. The number of carboxylic acid groups (broad SMARTS) is 1. The fraction of sp³-hybridized carbons (Fsp3) is 0.300. The Morgan fingerprint density at radius 1 is 1.47 bits per heavy atom. The minimum Gasteiger partial charge on any atom is -0.475 e. The van der Waals surface area contributed by atoms with Crippen molar-refractivity contribution in [3.05, 3.63) is 17.5 Å². The van der Waals surface area contributed by atoms with Crippen LogP contribution >= 0.6 is 0 Å². The lowest BCUT2D eigenvalue weighted by Gasteiger charge is -2.21.